The van der Waals surface area contributed by atoms with Gasteiger partial charge in [0.15, 0.2) is 6.20 Å². The van der Waals surface area contributed by atoms with Gasteiger partial charge in [-0.2, -0.15) is 4.73 Å². The Balaban J connectivity index is 1.72. The first-order chi connectivity index (χ1) is 15.9. The monoisotopic (exact) mass is 434 g/mol. The number of fused-ring (bicyclic) bond motifs is 1. The van der Waals surface area contributed by atoms with E-state index in [-0.39, 0.29) is 6.04 Å². The van der Waals surface area contributed by atoms with Crippen LogP contribution in [-0.4, -0.2) is 4.90 Å². The summed E-state index contributed by atoms with van der Waals surface area (Å²) < 4.78 is 0.945. The second kappa shape index (κ2) is 9.90. The Bertz CT molecular complexity index is 1270. The molecule has 0 bridgehead atoms. The zero-order valence-corrected chi connectivity index (χ0v) is 19.5. The van der Waals surface area contributed by atoms with Crippen molar-refractivity contribution in [3.63, 3.8) is 0 Å². The number of aromatic nitrogens is 1. The minimum absolute atomic E-state index is 0.333. The molecule has 3 heteroatoms. The van der Waals surface area contributed by atoms with E-state index in [0.717, 1.165) is 21.2 Å². The highest BCUT2D eigenvalue weighted by Crippen LogP contribution is 2.27. The van der Waals surface area contributed by atoms with Gasteiger partial charge in [0, 0.05) is 30.1 Å². The van der Waals surface area contributed by atoms with Crippen LogP contribution in [-0.2, 0) is 13.1 Å². The molecule has 1 aromatic heterocycles. The molecule has 0 aliphatic carbocycles. The van der Waals surface area contributed by atoms with Crippen molar-refractivity contribution in [1.82, 2.24) is 4.90 Å². The van der Waals surface area contributed by atoms with E-state index in [1.165, 1.54) is 16.7 Å². The van der Waals surface area contributed by atoms with E-state index in [1.54, 1.807) is 6.20 Å². The molecule has 0 amide bonds. The van der Waals surface area contributed by atoms with Crippen molar-refractivity contribution < 1.29 is 4.73 Å². The fourth-order valence-corrected chi connectivity index (χ4v) is 4.25. The maximum Gasteiger partial charge on any atom is 0.224 e. The van der Waals surface area contributed by atoms with E-state index in [2.05, 4.69) is 61.1 Å². The van der Waals surface area contributed by atoms with Gasteiger partial charge in [-0.15, -0.1) is 6.42 Å². The second-order valence-electron chi connectivity index (χ2n) is 9.02. The van der Waals surface area contributed by atoms with Gasteiger partial charge in [-0.25, -0.2) is 0 Å². The molecule has 0 saturated carbocycles. The van der Waals surface area contributed by atoms with Gasteiger partial charge in [0.25, 0.3) is 0 Å². The highest BCUT2D eigenvalue weighted by molar-refractivity contribution is 5.77. The Morgan fingerprint density at radius 2 is 1.55 bits per heavy atom. The number of terminal acetylenes is 1. The molecule has 1 atom stereocenters. The van der Waals surface area contributed by atoms with Gasteiger partial charge in [-0.3, -0.25) is 4.90 Å². The third kappa shape index (κ3) is 5.25. The fraction of sp³-hybridized carbons (Fsp3) is 0.233. The van der Waals surface area contributed by atoms with Gasteiger partial charge in [0.2, 0.25) is 5.52 Å². The maximum atomic E-state index is 12.8. The van der Waals surface area contributed by atoms with Crippen molar-refractivity contribution in [2.24, 2.45) is 0 Å². The van der Waals surface area contributed by atoms with Crippen LogP contribution in [0.1, 0.15) is 53.6 Å². The van der Waals surface area contributed by atoms with Gasteiger partial charge >= 0.3 is 0 Å². The summed E-state index contributed by atoms with van der Waals surface area (Å²) >= 11 is 0. The SMILES string of the molecule is C#CC(c1cc2ccc(C)cc2[n+]([O-])c1)N(Cc1ccccc1)Cc1ccc(C(C)C)cc1. The van der Waals surface area contributed by atoms with E-state index in [9.17, 15) is 5.21 Å². The summed E-state index contributed by atoms with van der Waals surface area (Å²) in [6.07, 6.45) is 7.72. The topological polar surface area (TPSA) is 30.2 Å². The van der Waals surface area contributed by atoms with Crippen molar-refractivity contribution in [1.29, 1.82) is 0 Å². The average Bonchev–Trinajstić information content (AvgIpc) is 2.81. The summed E-state index contributed by atoms with van der Waals surface area (Å²) in [5.41, 5.74) is 6.25. The Kier molecular flexibility index (Phi) is 6.77. The summed E-state index contributed by atoms with van der Waals surface area (Å²) in [6.45, 7) is 7.76. The third-order valence-corrected chi connectivity index (χ3v) is 6.11. The number of rotatable bonds is 7. The second-order valence-corrected chi connectivity index (χ2v) is 9.02. The summed E-state index contributed by atoms with van der Waals surface area (Å²) in [5, 5.41) is 13.7. The van der Waals surface area contributed by atoms with Crippen molar-refractivity contribution >= 4 is 10.9 Å². The number of pyridine rings is 1. The first-order valence-electron chi connectivity index (χ1n) is 11.4. The summed E-state index contributed by atoms with van der Waals surface area (Å²) in [5.74, 6) is 3.46. The van der Waals surface area contributed by atoms with Crippen molar-refractivity contribution in [2.45, 2.75) is 45.8 Å². The minimum atomic E-state index is -0.333. The lowest BCUT2D eigenvalue weighted by Crippen LogP contribution is -2.32. The van der Waals surface area contributed by atoms with E-state index < -0.39 is 0 Å². The average molecular weight is 435 g/mol. The largest absolute Gasteiger partial charge is 0.618 e. The van der Waals surface area contributed by atoms with Gasteiger partial charge < -0.3 is 5.21 Å². The first kappa shape index (κ1) is 22.6. The lowest BCUT2D eigenvalue weighted by Gasteiger charge is -2.28. The maximum absolute atomic E-state index is 12.8. The van der Waals surface area contributed by atoms with Crippen LogP contribution in [0.25, 0.3) is 10.9 Å². The normalized spacial score (nSPS) is 12.2. The molecule has 3 nitrogen and oxygen atoms in total. The summed E-state index contributed by atoms with van der Waals surface area (Å²) in [4.78, 5) is 2.26. The first-order valence-corrected chi connectivity index (χ1v) is 11.4. The third-order valence-electron chi connectivity index (χ3n) is 6.11. The van der Waals surface area contributed by atoms with Crippen LogP contribution >= 0.6 is 0 Å². The zero-order chi connectivity index (χ0) is 23.4. The van der Waals surface area contributed by atoms with Gasteiger partial charge in [0.1, 0.15) is 6.04 Å². The Hall–Kier alpha value is -3.61. The summed E-state index contributed by atoms with van der Waals surface area (Å²) in [6, 6.07) is 26.7. The lowest BCUT2D eigenvalue weighted by atomic mass is 10.00. The summed E-state index contributed by atoms with van der Waals surface area (Å²) in [7, 11) is 0. The molecule has 0 N–H and O–H groups in total. The van der Waals surface area contributed by atoms with Crippen molar-refractivity contribution in [3.05, 3.63) is 118 Å². The van der Waals surface area contributed by atoms with E-state index >= 15 is 0 Å². The standard InChI is InChI=1S/C30H30N2O/c1-5-29(28-18-27-14-11-23(4)17-30(27)32(33)21-28)31(19-24-9-7-6-8-10-24)20-25-12-15-26(16-13-25)22(2)3/h1,6-18,21-22,29H,19-20H2,2-4H3. The van der Waals surface area contributed by atoms with Crippen LogP contribution in [0.15, 0.2) is 85.1 Å². The Morgan fingerprint density at radius 1 is 0.879 bits per heavy atom. The Labute approximate surface area is 196 Å². The van der Waals surface area contributed by atoms with Crippen molar-refractivity contribution in [2.75, 3.05) is 0 Å². The van der Waals surface area contributed by atoms with E-state index in [1.807, 2.05) is 49.4 Å². The fourth-order valence-electron chi connectivity index (χ4n) is 4.25. The molecule has 1 unspecified atom stereocenters. The minimum Gasteiger partial charge on any atom is -0.618 e. The molecular formula is C30H30N2O. The number of nitrogens with zero attached hydrogens (tertiary/aromatic N) is 2. The molecule has 0 aliphatic rings. The van der Waals surface area contributed by atoms with Gasteiger partial charge in [0.05, 0.1) is 0 Å². The van der Waals surface area contributed by atoms with Gasteiger partial charge in [-0.05, 0) is 47.2 Å². The Morgan fingerprint density at radius 3 is 2.18 bits per heavy atom. The number of hydrogen-bond acceptors (Lipinski definition) is 2. The molecule has 4 rings (SSSR count). The lowest BCUT2D eigenvalue weighted by molar-refractivity contribution is -0.577. The molecular weight excluding hydrogens is 404 g/mol. The number of benzene rings is 3. The predicted molar refractivity (Wildman–Crippen MR) is 135 cm³/mol. The molecule has 0 saturated heterocycles. The van der Waals surface area contributed by atoms with Crippen LogP contribution in [0.5, 0.6) is 0 Å². The molecule has 1 heterocycles. The van der Waals surface area contributed by atoms with Crippen LogP contribution < -0.4 is 4.73 Å². The van der Waals surface area contributed by atoms with Crippen LogP contribution in [0, 0.1) is 24.5 Å². The van der Waals surface area contributed by atoms with Gasteiger partial charge in [-0.1, -0.05) is 80.4 Å². The van der Waals surface area contributed by atoms with E-state index in [4.69, 9.17) is 6.42 Å². The molecule has 166 valence electrons. The quantitative estimate of drug-likeness (QED) is 0.195. The highest BCUT2D eigenvalue weighted by atomic mass is 16.5. The zero-order valence-electron chi connectivity index (χ0n) is 19.5. The number of hydrogen-bond donors (Lipinski definition) is 0. The molecule has 3 aromatic carbocycles. The molecule has 0 fully saturated rings. The predicted octanol–water partition coefficient (Wildman–Crippen LogP) is 6.28. The molecule has 0 aliphatic heterocycles. The number of aryl methyl sites for hydroxylation is 1. The smallest absolute Gasteiger partial charge is 0.224 e. The van der Waals surface area contributed by atoms with Crippen LogP contribution in [0.4, 0.5) is 0 Å². The molecule has 33 heavy (non-hydrogen) atoms. The van der Waals surface area contributed by atoms with Crippen molar-refractivity contribution in [3.8, 4) is 12.3 Å². The van der Waals surface area contributed by atoms with Crippen LogP contribution in [0.3, 0.4) is 0 Å². The highest BCUT2D eigenvalue weighted by Gasteiger charge is 2.22. The molecule has 4 aromatic rings. The molecule has 0 radical (unpaired) electrons. The van der Waals surface area contributed by atoms with E-state index in [0.29, 0.717) is 24.5 Å². The van der Waals surface area contributed by atoms with Crippen LogP contribution in [0.2, 0.25) is 0 Å². The molecule has 0 spiro atoms.